The van der Waals surface area contributed by atoms with E-state index in [4.69, 9.17) is 5.26 Å². The fourth-order valence-electron chi connectivity index (χ4n) is 5.83. The summed E-state index contributed by atoms with van der Waals surface area (Å²) in [6.07, 6.45) is 1.69. The molecule has 1 unspecified atom stereocenters. The van der Waals surface area contributed by atoms with E-state index in [2.05, 4.69) is 22.0 Å². The number of amides is 3. The van der Waals surface area contributed by atoms with Crippen molar-refractivity contribution in [1.29, 1.82) is 5.26 Å². The standard InChI is InChI=1S/C33H45N5O4/c1-24(2)22-33(37-25(3)39)17-20-38(32(33)42)29(16-15-26-11-6-4-7-12-26)31(41)36-28(21-27-13-8-5-9-14-27)30(40)23-35-19-10-18-34/h4-9,11-14,24,28-30,35,40H,10,15-17,19-23H2,1-3H3,(H,36,41)(H,37,39)/t28-,29?,30+,33+/m0/s1. The number of hydrogen-bond acceptors (Lipinski definition) is 6. The van der Waals surface area contributed by atoms with Crippen molar-refractivity contribution in [3.63, 3.8) is 0 Å². The summed E-state index contributed by atoms with van der Waals surface area (Å²) in [6.45, 7) is 6.43. The van der Waals surface area contributed by atoms with Crippen LogP contribution in [0.5, 0.6) is 0 Å². The number of aryl methyl sites for hydroxylation is 1. The molecule has 1 aliphatic heterocycles. The number of aliphatic hydroxyl groups is 1. The highest BCUT2D eigenvalue weighted by atomic mass is 16.3. The Morgan fingerprint density at radius 3 is 2.31 bits per heavy atom. The molecule has 42 heavy (non-hydrogen) atoms. The SMILES string of the molecule is CC(=O)N[C@@]1(CC(C)C)CCN(C(CCc2ccccc2)C(=O)N[C@@H](Cc2ccccc2)[C@H](O)CNCCC#N)C1=O. The fourth-order valence-corrected chi connectivity index (χ4v) is 5.83. The lowest BCUT2D eigenvalue weighted by atomic mass is 9.87. The third-order valence-corrected chi connectivity index (χ3v) is 7.71. The van der Waals surface area contributed by atoms with Gasteiger partial charge in [-0.2, -0.15) is 5.26 Å². The van der Waals surface area contributed by atoms with Gasteiger partial charge in [-0.1, -0.05) is 74.5 Å². The molecule has 3 rings (SSSR count). The topological polar surface area (TPSA) is 135 Å². The van der Waals surface area contributed by atoms with Gasteiger partial charge in [0.2, 0.25) is 17.7 Å². The molecule has 4 N–H and O–H groups in total. The molecule has 1 saturated heterocycles. The Morgan fingerprint density at radius 1 is 1.07 bits per heavy atom. The molecule has 1 aliphatic rings. The highest BCUT2D eigenvalue weighted by Gasteiger charge is 2.50. The molecule has 3 amide bonds. The van der Waals surface area contributed by atoms with Crippen LogP contribution < -0.4 is 16.0 Å². The minimum Gasteiger partial charge on any atom is -0.390 e. The summed E-state index contributed by atoms with van der Waals surface area (Å²) in [4.78, 5) is 41.9. The van der Waals surface area contributed by atoms with Gasteiger partial charge in [-0.05, 0) is 49.1 Å². The normalized spacial score (nSPS) is 18.8. The van der Waals surface area contributed by atoms with E-state index in [1.165, 1.54) is 6.92 Å². The van der Waals surface area contributed by atoms with Crippen LogP contribution in [0.15, 0.2) is 60.7 Å². The third kappa shape index (κ3) is 9.40. The quantitative estimate of drug-likeness (QED) is 0.228. The molecule has 2 aromatic rings. The second-order valence-electron chi connectivity index (χ2n) is 11.6. The Bertz CT molecular complexity index is 1200. The van der Waals surface area contributed by atoms with Gasteiger partial charge in [0.15, 0.2) is 0 Å². The van der Waals surface area contributed by atoms with Crippen molar-refractivity contribution in [1.82, 2.24) is 20.9 Å². The summed E-state index contributed by atoms with van der Waals surface area (Å²) in [6, 6.07) is 20.1. The Labute approximate surface area is 249 Å². The van der Waals surface area contributed by atoms with E-state index < -0.39 is 23.7 Å². The Kier molecular flexibility index (Phi) is 12.5. The summed E-state index contributed by atoms with van der Waals surface area (Å²) in [5.41, 5.74) is 0.970. The molecule has 226 valence electrons. The van der Waals surface area contributed by atoms with Crippen LogP contribution in [0.1, 0.15) is 57.6 Å². The number of carbonyl (C=O) groups excluding carboxylic acids is 3. The first-order valence-corrected chi connectivity index (χ1v) is 14.9. The molecule has 0 saturated carbocycles. The molecule has 0 bridgehead atoms. The van der Waals surface area contributed by atoms with Crippen molar-refractivity contribution in [3.8, 4) is 6.07 Å². The monoisotopic (exact) mass is 575 g/mol. The predicted octanol–water partition coefficient (Wildman–Crippen LogP) is 2.73. The fraction of sp³-hybridized carbons (Fsp3) is 0.515. The minimum atomic E-state index is -1.04. The lowest BCUT2D eigenvalue weighted by Crippen LogP contribution is -2.59. The average Bonchev–Trinajstić information content (AvgIpc) is 3.25. The van der Waals surface area contributed by atoms with E-state index in [1.807, 2.05) is 74.5 Å². The van der Waals surface area contributed by atoms with Gasteiger partial charge >= 0.3 is 0 Å². The minimum absolute atomic E-state index is 0.163. The number of benzene rings is 2. The zero-order chi connectivity index (χ0) is 30.5. The average molecular weight is 576 g/mol. The maximum atomic E-state index is 14.1. The van der Waals surface area contributed by atoms with E-state index in [1.54, 1.807) is 4.90 Å². The molecule has 1 heterocycles. The van der Waals surface area contributed by atoms with Crippen LogP contribution >= 0.6 is 0 Å². The van der Waals surface area contributed by atoms with Crippen LogP contribution in [0, 0.1) is 17.2 Å². The molecule has 0 spiro atoms. The number of rotatable bonds is 16. The van der Waals surface area contributed by atoms with Crippen LogP contribution in [-0.2, 0) is 27.2 Å². The van der Waals surface area contributed by atoms with Gasteiger partial charge in [0.25, 0.3) is 0 Å². The molecule has 9 nitrogen and oxygen atoms in total. The lowest BCUT2D eigenvalue weighted by molar-refractivity contribution is -0.143. The smallest absolute Gasteiger partial charge is 0.249 e. The predicted molar refractivity (Wildman–Crippen MR) is 162 cm³/mol. The van der Waals surface area contributed by atoms with Crippen LogP contribution in [0.4, 0.5) is 0 Å². The molecule has 1 fully saturated rings. The molecule has 2 aromatic carbocycles. The second-order valence-corrected chi connectivity index (χ2v) is 11.6. The Morgan fingerprint density at radius 2 is 1.71 bits per heavy atom. The summed E-state index contributed by atoms with van der Waals surface area (Å²) < 4.78 is 0. The summed E-state index contributed by atoms with van der Waals surface area (Å²) in [5.74, 6) is -0.681. The number of nitrogens with zero attached hydrogens (tertiary/aromatic N) is 2. The molecule has 0 aliphatic carbocycles. The number of likely N-dealkylation sites (tertiary alicyclic amines) is 1. The Hall–Kier alpha value is -3.74. The van der Waals surface area contributed by atoms with Crippen molar-refractivity contribution in [2.45, 2.75) is 83.0 Å². The van der Waals surface area contributed by atoms with Crippen molar-refractivity contribution in [3.05, 3.63) is 71.8 Å². The lowest BCUT2D eigenvalue weighted by Gasteiger charge is -2.34. The molecule has 0 aromatic heterocycles. The molecule has 4 atom stereocenters. The number of carbonyl (C=O) groups is 3. The van der Waals surface area contributed by atoms with Gasteiger partial charge in [-0.3, -0.25) is 14.4 Å². The van der Waals surface area contributed by atoms with Gasteiger partial charge in [0.05, 0.1) is 18.2 Å². The van der Waals surface area contributed by atoms with Crippen LogP contribution in [0.3, 0.4) is 0 Å². The summed E-state index contributed by atoms with van der Waals surface area (Å²) >= 11 is 0. The van der Waals surface area contributed by atoms with Gasteiger partial charge in [-0.15, -0.1) is 0 Å². The molecule has 9 heteroatoms. The van der Waals surface area contributed by atoms with E-state index in [0.29, 0.717) is 51.6 Å². The molecular formula is C33H45N5O4. The van der Waals surface area contributed by atoms with E-state index >= 15 is 0 Å². The highest BCUT2D eigenvalue weighted by Crippen LogP contribution is 2.32. The van der Waals surface area contributed by atoms with Crippen molar-refractivity contribution < 1.29 is 19.5 Å². The zero-order valence-corrected chi connectivity index (χ0v) is 25.0. The summed E-state index contributed by atoms with van der Waals surface area (Å²) in [7, 11) is 0. The zero-order valence-electron chi connectivity index (χ0n) is 25.0. The van der Waals surface area contributed by atoms with Crippen LogP contribution in [0.25, 0.3) is 0 Å². The largest absolute Gasteiger partial charge is 0.390 e. The first kappa shape index (κ1) is 32.8. The van der Waals surface area contributed by atoms with Crippen LogP contribution in [0.2, 0.25) is 0 Å². The maximum Gasteiger partial charge on any atom is 0.249 e. The molecule has 0 radical (unpaired) electrons. The number of nitriles is 1. The van der Waals surface area contributed by atoms with Gasteiger partial charge < -0.3 is 26.0 Å². The van der Waals surface area contributed by atoms with Crippen molar-refractivity contribution >= 4 is 17.7 Å². The van der Waals surface area contributed by atoms with E-state index in [0.717, 1.165) is 11.1 Å². The van der Waals surface area contributed by atoms with E-state index in [9.17, 15) is 19.5 Å². The highest BCUT2D eigenvalue weighted by molar-refractivity contribution is 5.96. The van der Waals surface area contributed by atoms with Gasteiger partial charge in [0, 0.05) is 33.0 Å². The second kappa shape index (κ2) is 16.0. The van der Waals surface area contributed by atoms with Crippen LogP contribution in [-0.4, -0.2) is 71.1 Å². The van der Waals surface area contributed by atoms with Crippen molar-refractivity contribution in [2.24, 2.45) is 5.92 Å². The number of hydrogen-bond donors (Lipinski definition) is 4. The maximum absolute atomic E-state index is 14.1. The number of aliphatic hydroxyl groups excluding tert-OH is 1. The Balaban J connectivity index is 1.87. The van der Waals surface area contributed by atoms with E-state index in [-0.39, 0.29) is 30.2 Å². The van der Waals surface area contributed by atoms with Crippen molar-refractivity contribution in [2.75, 3.05) is 19.6 Å². The number of nitrogens with one attached hydrogen (secondary N) is 3. The first-order chi connectivity index (χ1) is 20.1. The van der Waals surface area contributed by atoms with Gasteiger partial charge in [0.1, 0.15) is 11.6 Å². The first-order valence-electron chi connectivity index (χ1n) is 14.9. The summed E-state index contributed by atoms with van der Waals surface area (Å²) in [5, 5.41) is 29.0. The van der Waals surface area contributed by atoms with Gasteiger partial charge in [-0.25, -0.2) is 0 Å². The molecular weight excluding hydrogens is 530 g/mol. The third-order valence-electron chi connectivity index (χ3n) is 7.71.